The lowest BCUT2D eigenvalue weighted by atomic mass is 10.1. The van der Waals surface area contributed by atoms with Crippen molar-refractivity contribution in [1.29, 1.82) is 0 Å². The zero-order valence-corrected chi connectivity index (χ0v) is 11.8. The van der Waals surface area contributed by atoms with E-state index in [2.05, 4.69) is 29.5 Å². The van der Waals surface area contributed by atoms with Gasteiger partial charge in [-0.2, -0.15) is 0 Å². The summed E-state index contributed by atoms with van der Waals surface area (Å²) in [7, 11) is 3.99. The fraction of sp³-hybridized carbons (Fsp3) is 0.429. The first-order valence-corrected chi connectivity index (χ1v) is 6.07. The molecule has 18 heavy (non-hydrogen) atoms. The third-order valence-electron chi connectivity index (χ3n) is 3.51. The van der Waals surface area contributed by atoms with E-state index in [1.807, 2.05) is 38.0 Å². The molecular weight excluding hydrogens is 224 g/mol. The molecule has 0 aliphatic carbocycles. The van der Waals surface area contributed by atoms with Crippen LogP contribution in [0.1, 0.15) is 23.2 Å². The summed E-state index contributed by atoms with van der Waals surface area (Å²) in [6, 6.07) is 2.13. The molecule has 1 fully saturated rings. The van der Waals surface area contributed by atoms with Crippen molar-refractivity contribution < 1.29 is 0 Å². The predicted molar refractivity (Wildman–Crippen MR) is 74.8 cm³/mol. The smallest absolute Gasteiger partial charge is 0.157 e. The second-order valence-corrected chi connectivity index (χ2v) is 4.85. The van der Waals surface area contributed by atoms with E-state index < -0.39 is 0 Å². The first kappa shape index (κ1) is 12.6. The highest BCUT2D eigenvalue weighted by Crippen LogP contribution is 2.24. The molecule has 1 aliphatic rings. The Bertz CT molecular complexity index is 531. The minimum atomic E-state index is 0.779. The van der Waals surface area contributed by atoms with E-state index in [0.29, 0.717) is 0 Å². The van der Waals surface area contributed by atoms with Gasteiger partial charge in [0.05, 0.1) is 0 Å². The molecule has 4 nitrogen and oxygen atoms in total. The number of hydrogen-bond donors (Lipinski definition) is 0. The molecule has 0 amide bonds. The first-order chi connectivity index (χ1) is 8.40. The Hall–Kier alpha value is -1.84. The van der Waals surface area contributed by atoms with Gasteiger partial charge in [0.25, 0.3) is 0 Å². The maximum Gasteiger partial charge on any atom is 0.157 e. The van der Waals surface area contributed by atoms with Crippen molar-refractivity contribution in [2.45, 2.75) is 27.2 Å². The second-order valence-electron chi connectivity index (χ2n) is 4.85. The molecule has 0 radical (unpaired) electrons. The van der Waals surface area contributed by atoms with Crippen molar-refractivity contribution in [3.8, 4) is 0 Å². The summed E-state index contributed by atoms with van der Waals surface area (Å²) in [5.74, 6) is 1.80. The van der Waals surface area contributed by atoms with Gasteiger partial charge in [0, 0.05) is 31.9 Å². The molecule has 96 valence electrons. The summed E-state index contributed by atoms with van der Waals surface area (Å²) in [5.41, 5.74) is 4.41. The Morgan fingerprint density at radius 2 is 1.83 bits per heavy atom. The number of aromatic nitrogens is 1. The highest BCUT2D eigenvalue weighted by atomic mass is 15.6. The Balaban J connectivity index is 2.40. The van der Waals surface area contributed by atoms with Gasteiger partial charge in [-0.1, -0.05) is 12.6 Å². The highest BCUT2D eigenvalue weighted by molar-refractivity contribution is 5.88. The number of pyridine rings is 1. The molecule has 0 saturated carbocycles. The molecule has 0 N–H and O–H groups in total. The summed E-state index contributed by atoms with van der Waals surface area (Å²) in [6.45, 7) is 10.2. The van der Waals surface area contributed by atoms with Crippen LogP contribution in [-0.4, -0.2) is 34.9 Å². The van der Waals surface area contributed by atoms with Gasteiger partial charge in [0.15, 0.2) is 5.82 Å². The molecule has 0 atom stereocenters. The normalized spacial score (nSPS) is 18.1. The summed E-state index contributed by atoms with van der Waals surface area (Å²) in [5, 5.41) is 4.02. The topological polar surface area (TPSA) is 31.7 Å². The number of hydrazine groups is 1. The molecule has 2 heterocycles. The standard InChI is InChI=1S/C14H20N4/c1-9-7-10(2)14(15-12(9)4)16-13-8-11(3)17(5)18(13)6/h7H,3,8H2,1-2,4-6H3/b16-13-. The van der Waals surface area contributed by atoms with Crippen molar-refractivity contribution in [2.24, 2.45) is 4.99 Å². The van der Waals surface area contributed by atoms with Gasteiger partial charge in [-0.05, 0) is 31.9 Å². The molecule has 1 aliphatic heterocycles. The van der Waals surface area contributed by atoms with E-state index >= 15 is 0 Å². The number of hydrogen-bond acceptors (Lipinski definition) is 3. The van der Waals surface area contributed by atoms with E-state index in [1.165, 1.54) is 5.56 Å². The minimum Gasteiger partial charge on any atom is -0.292 e. The van der Waals surface area contributed by atoms with E-state index in [9.17, 15) is 0 Å². The number of amidine groups is 1. The van der Waals surface area contributed by atoms with Crippen LogP contribution in [0.2, 0.25) is 0 Å². The quantitative estimate of drug-likeness (QED) is 0.761. The zero-order valence-electron chi connectivity index (χ0n) is 11.8. The fourth-order valence-electron chi connectivity index (χ4n) is 1.97. The van der Waals surface area contributed by atoms with Gasteiger partial charge in [0.2, 0.25) is 0 Å². The van der Waals surface area contributed by atoms with E-state index in [-0.39, 0.29) is 0 Å². The average Bonchev–Trinajstić information content (AvgIpc) is 2.54. The maximum atomic E-state index is 4.67. The third kappa shape index (κ3) is 2.10. The maximum absolute atomic E-state index is 4.67. The highest BCUT2D eigenvalue weighted by Gasteiger charge is 2.23. The molecule has 1 aromatic heterocycles. The molecule has 0 spiro atoms. The second kappa shape index (κ2) is 4.44. The van der Waals surface area contributed by atoms with Gasteiger partial charge in [-0.25, -0.2) is 9.98 Å². The van der Waals surface area contributed by atoms with Crippen LogP contribution >= 0.6 is 0 Å². The van der Waals surface area contributed by atoms with Crippen LogP contribution in [0.25, 0.3) is 0 Å². The van der Waals surface area contributed by atoms with Gasteiger partial charge in [-0.3, -0.25) is 10.0 Å². The lowest BCUT2D eigenvalue weighted by Crippen LogP contribution is -2.31. The summed E-state index contributed by atoms with van der Waals surface area (Å²) >= 11 is 0. The predicted octanol–water partition coefficient (Wildman–Crippen LogP) is 2.73. The molecule has 0 bridgehead atoms. The lowest BCUT2D eigenvalue weighted by molar-refractivity contribution is 0.180. The van der Waals surface area contributed by atoms with Crippen LogP contribution in [0.15, 0.2) is 23.3 Å². The molecule has 1 aromatic rings. The van der Waals surface area contributed by atoms with Crippen LogP contribution < -0.4 is 0 Å². The Morgan fingerprint density at radius 3 is 2.39 bits per heavy atom. The van der Waals surface area contributed by atoms with Crippen molar-refractivity contribution in [3.63, 3.8) is 0 Å². The van der Waals surface area contributed by atoms with Crippen LogP contribution in [-0.2, 0) is 0 Å². The Kier molecular flexibility index (Phi) is 3.11. The van der Waals surface area contributed by atoms with Gasteiger partial charge >= 0.3 is 0 Å². The van der Waals surface area contributed by atoms with Gasteiger partial charge in [0.1, 0.15) is 5.84 Å². The SMILES string of the molecule is C=C1C/C(=N/c2nc(C)c(C)cc2C)N(C)N1C. The monoisotopic (exact) mass is 244 g/mol. The minimum absolute atomic E-state index is 0.779. The van der Waals surface area contributed by atoms with Crippen LogP contribution in [0.3, 0.4) is 0 Å². The Labute approximate surface area is 109 Å². The van der Waals surface area contributed by atoms with Crippen LogP contribution in [0.4, 0.5) is 5.82 Å². The number of aliphatic imine (C=N–C) groups is 1. The summed E-state index contributed by atoms with van der Waals surface area (Å²) < 4.78 is 0. The van der Waals surface area contributed by atoms with E-state index in [0.717, 1.165) is 35.0 Å². The largest absolute Gasteiger partial charge is 0.292 e. The van der Waals surface area contributed by atoms with E-state index in [1.54, 1.807) is 0 Å². The average molecular weight is 244 g/mol. The third-order valence-corrected chi connectivity index (χ3v) is 3.51. The number of rotatable bonds is 1. The molecular formula is C14H20N4. The van der Waals surface area contributed by atoms with Crippen molar-refractivity contribution >= 4 is 11.7 Å². The number of nitrogens with zero attached hydrogens (tertiary/aromatic N) is 4. The van der Waals surface area contributed by atoms with Crippen molar-refractivity contribution in [2.75, 3.05) is 14.1 Å². The molecule has 1 saturated heterocycles. The van der Waals surface area contributed by atoms with Crippen LogP contribution in [0, 0.1) is 20.8 Å². The Morgan fingerprint density at radius 1 is 1.17 bits per heavy atom. The molecule has 0 unspecified atom stereocenters. The fourth-order valence-corrected chi connectivity index (χ4v) is 1.97. The van der Waals surface area contributed by atoms with Crippen LogP contribution in [0.5, 0.6) is 0 Å². The first-order valence-electron chi connectivity index (χ1n) is 6.07. The van der Waals surface area contributed by atoms with Crippen molar-refractivity contribution in [3.05, 3.63) is 35.2 Å². The summed E-state index contributed by atoms with van der Waals surface area (Å²) in [4.78, 5) is 9.23. The van der Waals surface area contributed by atoms with Crippen molar-refractivity contribution in [1.82, 2.24) is 15.0 Å². The number of aryl methyl sites for hydroxylation is 3. The zero-order chi connectivity index (χ0) is 13.4. The molecule has 4 heteroatoms. The lowest BCUT2D eigenvalue weighted by Gasteiger charge is -2.23. The van der Waals surface area contributed by atoms with E-state index in [4.69, 9.17) is 0 Å². The summed E-state index contributed by atoms with van der Waals surface area (Å²) in [6.07, 6.45) is 0.779. The van der Waals surface area contributed by atoms with Gasteiger partial charge in [-0.15, -0.1) is 0 Å². The van der Waals surface area contributed by atoms with Gasteiger partial charge < -0.3 is 0 Å². The molecule has 0 aromatic carbocycles. The molecule has 2 rings (SSSR count).